The van der Waals surface area contributed by atoms with Gasteiger partial charge in [0.05, 0.1) is 10.9 Å². The lowest BCUT2D eigenvalue weighted by atomic mass is 10.0. The van der Waals surface area contributed by atoms with Crippen molar-refractivity contribution in [2.75, 3.05) is 5.32 Å². The van der Waals surface area contributed by atoms with Crippen LogP contribution in [-0.4, -0.2) is 16.4 Å². The van der Waals surface area contributed by atoms with E-state index in [4.69, 9.17) is 0 Å². The van der Waals surface area contributed by atoms with Gasteiger partial charge in [-0.1, -0.05) is 35.2 Å². The van der Waals surface area contributed by atoms with Gasteiger partial charge in [0, 0.05) is 9.72 Å². The van der Waals surface area contributed by atoms with Gasteiger partial charge in [0.15, 0.2) is 0 Å². The molecule has 5 heteroatoms. The van der Waals surface area contributed by atoms with Crippen LogP contribution in [0.1, 0.15) is 39.0 Å². The molecule has 0 bridgehead atoms. The quantitative estimate of drug-likeness (QED) is 0.820. The van der Waals surface area contributed by atoms with Crippen LogP contribution in [0.3, 0.4) is 0 Å². The molecule has 110 valence electrons. The molecule has 1 unspecified atom stereocenters. The molecule has 0 saturated heterocycles. The Morgan fingerprint density at radius 2 is 2.10 bits per heavy atom. The van der Waals surface area contributed by atoms with E-state index in [1.54, 1.807) is 23.9 Å². The Kier molecular flexibility index (Phi) is 5.90. The summed E-state index contributed by atoms with van der Waals surface area (Å²) in [7, 11) is 0. The average molecular weight is 360 g/mol. The van der Waals surface area contributed by atoms with Crippen LogP contribution >= 0.6 is 27.7 Å². The second-order valence-electron chi connectivity index (χ2n) is 5.15. The molecule has 1 aliphatic carbocycles. The summed E-state index contributed by atoms with van der Waals surface area (Å²) in [4.78, 5) is 12.1. The number of hydrogen-bond acceptors (Lipinski definition) is 2. The van der Waals surface area contributed by atoms with Crippen molar-refractivity contribution in [1.82, 2.24) is 0 Å². The highest BCUT2D eigenvalue weighted by atomic mass is 79.9. The summed E-state index contributed by atoms with van der Waals surface area (Å²) in [5, 5.41) is 3.09. The minimum absolute atomic E-state index is 0.123. The number of amides is 1. The third-order valence-corrected chi connectivity index (χ3v) is 5.48. The highest BCUT2D eigenvalue weighted by molar-refractivity contribution is 9.10. The van der Waals surface area contributed by atoms with Crippen molar-refractivity contribution in [3.8, 4) is 0 Å². The molecule has 0 radical (unpaired) electrons. The van der Waals surface area contributed by atoms with Crippen LogP contribution in [0.15, 0.2) is 22.7 Å². The van der Waals surface area contributed by atoms with Crippen molar-refractivity contribution in [3.05, 3.63) is 28.5 Å². The highest BCUT2D eigenvalue weighted by Gasteiger charge is 2.22. The Morgan fingerprint density at radius 3 is 2.75 bits per heavy atom. The van der Waals surface area contributed by atoms with Crippen LogP contribution < -0.4 is 5.32 Å². The molecule has 1 aromatic rings. The molecule has 1 aromatic carbocycles. The summed E-state index contributed by atoms with van der Waals surface area (Å²) in [6.07, 6.45) is 6.20. The smallest absolute Gasteiger partial charge is 0.237 e. The van der Waals surface area contributed by atoms with Crippen molar-refractivity contribution >= 4 is 39.3 Å². The Morgan fingerprint density at radius 1 is 1.40 bits per heavy atom. The van der Waals surface area contributed by atoms with E-state index in [1.807, 2.05) is 6.92 Å². The van der Waals surface area contributed by atoms with E-state index < -0.39 is 5.82 Å². The van der Waals surface area contributed by atoms with Gasteiger partial charge in [-0.15, -0.1) is 11.8 Å². The number of benzene rings is 1. The minimum atomic E-state index is -0.414. The summed E-state index contributed by atoms with van der Waals surface area (Å²) in [6, 6.07) is 4.65. The molecule has 0 spiro atoms. The second kappa shape index (κ2) is 7.46. The lowest BCUT2D eigenvalue weighted by molar-refractivity contribution is -0.115. The number of rotatable bonds is 4. The van der Waals surface area contributed by atoms with Crippen LogP contribution in [0.2, 0.25) is 0 Å². The average Bonchev–Trinajstić information content (AvgIpc) is 2.43. The summed E-state index contributed by atoms with van der Waals surface area (Å²) in [6.45, 7) is 1.89. The van der Waals surface area contributed by atoms with Gasteiger partial charge < -0.3 is 5.32 Å². The van der Waals surface area contributed by atoms with Gasteiger partial charge in [-0.2, -0.15) is 0 Å². The van der Waals surface area contributed by atoms with Crippen molar-refractivity contribution in [2.24, 2.45) is 0 Å². The summed E-state index contributed by atoms with van der Waals surface area (Å²) in [5.41, 5.74) is 0.245. The molecule has 0 aliphatic heterocycles. The maximum atomic E-state index is 13.7. The first-order valence-electron chi connectivity index (χ1n) is 6.97. The fourth-order valence-corrected chi connectivity index (χ4v) is 4.08. The van der Waals surface area contributed by atoms with E-state index >= 15 is 0 Å². The van der Waals surface area contributed by atoms with Crippen molar-refractivity contribution in [1.29, 1.82) is 0 Å². The van der Waals surface area contributed by atoms with Gasteiger partial charge in [-0.05, 0) is 38.0 Å². The van der Waals surface area contributed by atoms with E-state index in [-0.39, 0.29) is 16.8 Å². The third kappa shape index (κ3) is 4.48. The largest absolute Gasteiger partial charge is 0.323 e. The molecule has 20 heavy (non-hydrogen) atoms. The Hall–Kier alpha value is -0.550. The number of anilines is 1. The maximum absolute atomic E-state index is 13.7. The molecule has 1 N–H and O–H groups in total. The van der Waals surface area contributed by atoms with Crippen LogP contribution in [0.4, 0.5) is 10.1 Å². The topological polar surface area (TPSA) is 29.1 Å². The van der Waals surface area contributed by atoms with Crippen LogP contribution in [-0.2, 0) is 4.79 Å². The fourth-order valence-electron chi connectivity index (χ4n) is 2.38. The summed E-state index contributed by atoms with van der Waals surface area (Å²) >= 11 is 4.91. The predicted molar refractivity (Wildman–Crippen MR) is 86.7 cm³/mol. The zero-order valence-corrected chi connectivity index (χ0v) is 13.9. The van der Waals surface area contributed by atoms with E-state index in [0.717, 1.165) is 0 Å². The standard InChI is InChI=1S/C15H19BrFNOS/c1-10(20-12-5-3-2-4-6-12)15(19)18-14-8-7-11(16)9-13(14)17/h7-10,12H,2-6H2,1H3,(H,18,19). The van der Waals surface area contributed by atoms with Gasteiger partial charge in [0.2, 0.25) is 5.91 Å². The first-order chi connectivity index (χ1) is 9.56. The van der Waals surface area contributed by atoms with Gasteiger partial charge in [0.25, 0.3) is 0 Å². The fraction of sp³-hybridized carbons (Fsp3) is 0.533. The van der Waals surface area contributed by atoms with Crippen LogP contribution in [0.25, 0.3) is 0 Å². The van der Waals surface area contributed by atoms with Gasteiger partial charge in [0.1, 0.15) is 5.82 Å². The first kappa shape index (κ1) is 15.8. The van der Waals surface area contributed by atoms with Crippen LogP contribution in [0, 0.1) is 5.82 Å². The van der Waals surface area contributed by atoms with Crippen molar-refractivity contribution in [3.63, 3.8) is 0 Å². The summed E-state index contributed by atoms with van der Waals surface area (Å²) in [5.74, 6) is -0.538. The van der Waals surface area contributed by atoms with Crippen molar-refractivity contribution < 1.29 is 9.18 Å². The molecule has 2 nitrogen and oxygen atoms in total. The lowest BCUT2D eigenvalue weighted by Crippen LogP contribution is -2.25. The van der Waals surface area contributed by atoms with Gasteiger partial charge in [-0.25, -0.2) is 4.39 Å². The normalized spacial score (nSPS) is 17.8. The Balaban J connectivity index is 1.89. The molecule has 1 aliphatic rings. The number of carbonyl (C=O) groups is 1. The summed E-state index contributed by atoms with van der Waals surface area (Å²) < 4.78 is 14.3. The molecule has 1 fully saturated rings. The number of halogens is 2. The maximum Gasteiger partial charge on any atom is 0.237 e. The van der Waals surface area contributed by atoms with Gasteiger partial charge in [-0.3, -0.25) is 4.79 Å². The SMILES string of the molecule is CC(SC1CCCCC1)C(=O)Nc1ccc(Br)cc1F. The zero-order valence-electron chi connectivity index (χ0n) is 11.5. The molecule has 0 heterocycles. The molecular weight excluding hydrogens is 341 g/mol. The monoisotopic (exact) mass is 359 g/mol. The number of thioether (sulfide) groups is 1. The van der Waals surface area contributed by atoms with Crippen LogP contribution in [0.5, 0.6) is 0 Å². The number of hydrogen-bond donors (Lipinski definition) is 1. The molecule has 2 rings (SSSR count). The number of nitrogens with one attached hydrogen (secondary N) is 1. The zero-order chi connectivity index (χ0) is 14.5. The first-order valence-corrected chi connectivity index (χ1v) is 8.71. The van der Waals surface area contributed by atoms with E-state index in [2.05, 4.69) is 21.2 Å². The molecule has 1 amide bonds. The Bertz CT molecular complexity index is 477. The van der Waals surface area contributed by atoms with Crippen molar-refractivity contribution in [2.45, 2.75) is 49.5 Å². The highest BCUT2D eigenvalue weighted by Crippen LogP contribution is 2.31. The minimum Gasteiger partial charge on any atom is -0.323 e. The van der Waals surface area contributed by atoms with E-state index in [0.29, 0.717) is 9.72 Å². The molecule has 1 saturated carbocycles. The lowest BCUT2D eigenvalue weighted by Gasteiger charge is -2.23. The molecule has 1 atom stereocenters. The van der Waals surface area contributed by atoms with E-state index in [9.17, 15) is 9.18 Å². The third-order valence-electron chi connectivity index (χ3n) is 3.51. The van der Waals surface area contributed by atoms with E-state index in [1.165, 1.54) is 38.2 Å². The van der Waals surface area contributed by atoms with Gasteiger partial charge >= 0.3 is 0 Å². The predicted octanol–water partition coefficient (Wildman–Crippen LogP) is 4.98. The second-order valence-corrected chi connectivity index (χ2v) is 7.71. The Labute approximate surface area is 132 Å². The molecule has 0 aromatic heterocycles. The number of carbonyl (C=O) groups excluding carboxylic acids is 1. The molecular formula is C15H19BrFNOS.